The number of fused-ring (bicyclic) bond motifs is 1. The van der Waals surface area contributed by atoms with Crippen LogP contribution in [0.5, 0.6) is 0 Å². The molecule has 1 saturated carbocycles. The fraction of sp³-hybridized carbons (Fsp3) is 0.579. The van der Waals surface area contributed by atoms with Crippen LogP contribution in [0.4, 0.5) is 0 Å². The van der Waals surface area contributed by atoms with Crippen LogP contribution in [-0.2, 0) is 0 Å². The summed E-state index contributed by atoms with van der Waals surface area (Å²) in [7, 11) is 0. The van der Waals surface area contributed by atoms with Gasteiger partial charge in [-0.25, -0.2) is 0 Å². The second kappa shape index (κ2) is 6.50. The molecule has 21 heavy (non-hydrogen) atoms. The van der Waals surface area contributed by atoms with Gasteiger partial charge in [0.05, 0.1) is 0 Å². The highest BCUT2D eigenvalue weighted by Crippen LogP contribution is 2.42. The lowest BCUT2D eigenvalue weighted by Crippen LogP contribution is -2.32. The van der Waals surface area contributed by atoms with Crippen molar-refractivity contribution < 1.29 is 0 Å². The van der Waals surface area contributed by atoms with Gasteiger partial charge in [0, 0.05) is 15.6 Å². The van der Waals surface area contributed by atoms with Gasteiger partial charge in [0.1, 0.15) is 0 Å². The summed E-state index contributed by atoms with van der Waals surface area (Å²) >= 11 is 1.98. The maximum absolute atomic E-state index is 3.78. The average molecular weight is 301 g/mol. The van der Waals surface area contributed by atoms with Crippen LogP contribution in [0.1, 0.15) is 51.0 Å². The van der Waals surface area contributed by atoms with Crippen LogP contribution in [0, 0.1) is 17.8 Å². The highest BCUT2D eigenvalue weighted by Gasteiger charge is 2.31. The molecule has 3 rings (SSSR count). The Kier molecular flexibility index (Phi) is 4.66. The van der Waals surface area contributed by atoms with Gasteiger partial charge in [-0.15, -0.1) is 11.3 Å². The Bertz CT molecular complexity index is 545. The van der Waals surface area contributed by atoms with Crippen molar-refractivity contribution in [2.24, 2.45) is 17.8 Å². The highest BCUT2D eigenvalue weighted by atomic mass is 32.1. The van der Waals surface area contributed by atoms with Gasteiger partial charge in [0.25, 0.3) is 0 Å². The molecule has 1 nitrogen and oxygen atoms in total. The van der Waals surface area contributed by atoms with Crippen LogP contribution in [0.2, 0.25) is 0 Å². The molecule has 2 aromatic rings. The molecule has 1 aliphatic rings. The van der Waals surface area contributed by atoms with Gasteiger partial charge in [-0.1, -0.05) is 39.0 Å². The van der Waals surface area contributed by atoms with Crippen LogP contribution in [-0.4, -0.2) is 6.54 Å². The van der Waals surface area contributed by atoms with E-state index >= 15 is 0 Å². The quantitative estimate of drug-likeness (QED) is 0.772. The van der Waals surface area contributed by atoms with Gasteiger partial charge in [0.15, 0.2) is 0 Å². The Labute approximate surface area is 132 Å². The molecule has 1 aromatic carbocycles. The lowest BCUT2D eigenvalue weighted by Gasteiger charge is -2.36. The molecule has 1 N–H and O–H groups in total. The molecule has 0 spiro atoms. The van der Waals surface area contributed by atoms with E-state index in [0.29, 0.717) is 6.04 Å². The van der Waals surface area contributed by atoms with E-state index < -0.39 is 0 Å². The largest absolute Gasteiger partial charge is 0.309 e. The third kappa shape index (κ3) is 3.32. The minimum Gasteiger partial charge on any atom is -0.309 e. The monoisotopic (exact) mass is 301 g/mol. The van der Waals surface area contributed by atoms with Crippen LogP contribution in [0.25, 0.3) is 10.1 Å². The topological polar surface area (TPSA) is 12.0 Å². The minimum absolute atomic E-state index is 0.539. The fourth-order valence-corrected chi connectivity index (χ4v) is 5.39. The first-order valence-corrected chi connectivity index (χ1v) is 9.20. The fourth-order valence-electron chi connectivity index (χ4n) is 4.16. The summed E-state index contributed by atoms with van der Waals surface area (Å²) < 4.78 is 1.42. The van der Waals surface area contributed by atoms with Crippen LogP contribution in [0.15, 0.2) is 30.3 Å². The molecule has 2 heteroatoms. The first-order chi connectivity index (χ1) is 10.2. The zero-order valence-electron chi connectivity index (χ0n) is 13.4. The first kappa shape index (κ1) is 15.1. The van der Waals surface area contributed by atoms with Crippen molar-refractivity contribution >= 4 is 21.4 Å². The Balaban J connectivity index is 1.89. The molecule has 1 heterocycles. The van der Waals surface area contributed by atoms with Crippen molar-refractivity contribution in [3.05, 3.63) is 35.2 Å². The molecule has 114 valence electrons. The predicted octanol–water partition coefficient (Wildman–Crippen LogP) is 5.62. The second-order valence-corrected chi connectivity index (χ2v) is 8.01. The second-order valence-electron chi connectivity index (χ2n) is 6.90. The molecule has 1 fully saturated rings. The smallest absolute Gasteiger partial charge is 0.0443 e. The van der Waals surface area contributed by atoms with Gasteiger partial charge < -0.3 is 5.32 Å². The number of hydrogen-bond acceptors (Lipinski definition) is 2. The molecule has 1 aliphatic carbocycles. The zero-order chi connectivity index (χ0) is 14.8. The van der Waals surface area contributed by atoms with E-state index in [1.54, 1.807) is 0 Å². The molecule has 0 bridgehead atoms. The van der Waals surface area contributed by atoms with E-state index in [9.17, 15) is 0 Å². The number of rotatable bonds is 4. The summed E-state index contributed by atoms with van der Waals surface area (Å²) in [6.07, 6.45) is 4.15. The van der Waals surface area contributed by atoms with Crippen molar-refractivity contribution in [1.82, 2.24) is 5.32 Å². The van der Waals surface area contributed by atoms with Gasteiger partial charge in [-0.2, -0.15) is 0 Å². The number of nitrogens with one attached hydrogen (secondary N) is 1. The van der Waals surface area contributed by atoms with E-state index in [1.165, 1.54) is 34.2 Å². The minimum atomic E-state index is 0.539. The first-order valence-electron chi connectivity index (χ1n) is 8.39. The van der Waals surface area contributed by atoms with E-state index in [-0.39, 0.29) is 0 Å². The van der Waals surface area contributed by atoms with Crippen LogP contribution < -0.4 is 5.32 Å². The molecule has 3 unspecified atom stereocenters. The molecule has 1 aromatic heterocycles. The SMILES string of the molecule is CCNC(c1cc2ccccc2s1)C1CC(C)CC(C)C1. The highest BCUT2D eigenvalue weighted by molar-refractivity contribution is 7.19. The van der Waals surface area contributed by atoms with E-state index in [1.807, 2.05) is 11.3 Å². The van der Waals surface area contributed by atoms with E-state index in [4.69, 9.17) is 0 Å². The van der Waals surface area contributed by atoms with Crippen molar-refractivity contribution in [3.8, 4) is 0 Å². The molecule has 0 radical (unpaired) electrons. The molecule has 3 atom stereocenters. The normalized spacial score (nSPS) is 27.9. The zero-order valence-corrected chi connectivity index (χ0v) is 14.2. The molecule has 0 saturated heterocycles. The maximum atomic E-state index is 3.78. The average Bonchev–Trinajstić information content (AvgIpc) is 2.87. The summed E-state index contributed by atoms with van der Waals surface area (Å²) in [5.41, 5.74) is 0. The van der Waals surface area contributed by atoms with Crippen molar-refractivity contribution in [1.29, 1.82) is 0 Å². The van der Waals surface area contributed by atoms with Crippen molar-refractivity contribution in [2.75, 3.05) is 6.54 Å². The summed E-state index contributed by atoms with van der Waals surface area (Å²) in [5, 5.41) is 5.18. The van der Waals surface area contributed by atoms with E-state index in [0.717, 1.165) is 24.3 Å². The Morgan fingerprint density at radius 1 is 1.14 bits per heavy atom. The van der Waals surface area contributed by atoms with Gasteiger partial charge >= 0.3 is 0 Å². The number of thiophene rings is 1. The standard InChI is InChI=1S/C19H27NS/c1-4-20-19(16-10-13(2)9-14(3)11-16)18-12-15-7-5-6-8-17(15)21-18/h5-8,12-14,16,19-20H,4,9-11H2,1-3H3. The van der Waals surface area contributed by atoms with Gasteiger partial charge in [0.2, 0.25) is 0 Å². The third-order valence-electron chi connectivity index (χ3n) is 4.86. The Hall–Kier alpha value is -0.860. The molecular formula is C19H27NS. The Morgan fingerprint density at radius 3 is 2.52 bits per heavy atom. The maximum Gasteiger partial charge on any atom is 0.0443 e. The summed E-state index contributed by atoms with van der Waals surface area (Å²) in [5.74, 6) is 2.53. The van der Waals surface area contributed by atoms with Gasteiger partial charge in [-0.3, -0.25) is 0 Å². The summed E-state index contributed by atoms with van der Waals surface area (Å²) in [6.45, 7) is 8.14. The van der Waals surface area contributed by atoms with E-state index in [2.05, 4.69) is 56.4 Å². The lowest BCUT2D eigenvalue weighted by molar-refractivity contribution is 0.179. The summed E-state index contributed by atoms with van der Waals surface area (Å²) in [4.78, 5) is 1.53. The van der Waals surface area contributed by atoms with Crippen molar-refractivity contribution in [3.63, 3.8) is 0 Å². The Morgan fingerprint density at radius 2 is 1.86 bits per heavy atom. The summed E-state index contributed by atoms with van der Waals surface area (Å²) in [6, 6.07) is 11.7. The molecule has 0 aliphatic heterocycles. The molecular weight excluding hydrogens is 274 g/mol. The van der Waals surface area contributed by atoms with Crippen LogP contribution >= 0.6 is 11.3 Å². The lowest BCUT2D eigenvalue weighted by atomic mass is 9.73. The third-order valence-corrected chi connectivity index (χ3v) is 6.06. The molecule has 0 amide bonds. The number of benzene rings is 1. The van der Waals surface area contributed by atoms with Crippen molar-refractivity contribution in [2.45, 2.75) is 46.1 Å². The van der Waals surface area contributed by atoms with Crippen LogP contribution in [0.3, 0.4) is 0 Å². The predicted molar refractivity (Wildman–Crippen MR) is 93.9 cm³/mol. The van der Waals surface area contributed by atoms with Gasteiger partial charge in [-0.05, 0) is 61.1 Å². The number of hydrogen-bond donors (Lipinski definition) is 1.